The molecule has 2 heterocycles. The average Bonchev–Trinajstić information content (AvgIpc) is 3.06. The van der Waals surface area contributed by atoms with Crippen LogP contribution in [-0.4, -0.2) is 52.1 Å². The number of hydrogen-bond acceptors (Lipinski definition) is 5. The number of hydrogen-bond donors (Lipinski definition) is 2. The van der Waals surface area contributed by atoms with E-state index in [0.29, 0.717) is 18.1 Å². The van der Waals surface area contributed by atoms with E-state index in [4.69, 9.17) is 16.3 Å². The first-order valence-electron chi connectivity index (χ1n) is 15.6. The van der Waals surface area contributed by atoms with Crippen LogP contribution in [0.2, 0.25) is 5.02 Å². The fourth-order valence-electron chi connectivity index (χ4n) is 8.06. The topological polar surface area (TPSA) is 78.9 Å². The third kappa shape index (κ3) is 5.57. The minimum Gasteiger partial charge on any atom is -0.490 e. The molecule has 6 rings (SSSR count). The highest BCUT2D eigenvalue weighted by molar-refractivity contribution is 7.99. The number of aryl methyl sites for hydroxylation is 1. The molecule has 8 atom stereocenters. The van der Waals surface area contributed by atoms with E-state index in [0.717, 1.165) is 74.5 Å². The van der Waals surface area contributed by atoms with Crippen LogP contribution in [0.5, 0.6) is 5.75 Å². The molecule has 2 N–H and O–H groups in total. The smallest absolute Gasteiger partial charge is 0.262 e. The molecule has 0 saturated heterocycles. The highest BCUT2D eigenvalue weighted by Crippen LogP contribution is 2.47. The summed E-state index contributed by atoms with van der Waals surface area (Å²) in [6.07, 6.45) is 6.38. The van der Waals surface area contributed by atoms with E-state index in [1.54, 1.807) is 6.07 Å². The molecule has 228 valence electrons. The summed E-state index contributed by atoms with van der Waals surface area (Å²) < 4.78 is 23.1. The van der Waals surface area contributed by atoms with Gasteiger partial charge in [0.1, 0.15) is 5.75 Å². The number of nitrogens with one attached hydrogen (secondary N) is 1. The van der Waals surface area contributed by atoms with Crippen LogP contribution in [-0.2, 0) is 21.5 Å². The second-order valence-electron chi connectivity index (χ2n) is 13.8. The van der Waals surface area contributed by atoms with Gasteiger partial charge >= 0.3 is 0 Å². The Bertz CT molecular complexity index is 1460. The van der Waals surface area contributed by atoms with E-state index in [1.165, 1.54) is 11.1 Å². The molecule has 8 heteroatoms. The molecule has 1 unspecified atom stereocenters. The van der Waals surface area contributed by atoms with E-state index in [-0.39, 0.29) is 40.4 Å². The lowest BCUT2D eigenvalue weighted by Crippen LogP contribution is -2.49. The van der Waals surface area contributed by atoms with Gasteiger partial charge in [-0.15, -0.1) is 0 Å². The summed E-state index contributed by atoms with van der Waals surface area (Å²) in [4.78, 5) is 15.9. The van der Waals surface area contributed by atoms with Crippen LogP contribution >= 0.6 is 11.6 Å². The Morgan fingerprint density at radius 3 is 2.71 bits per heavy atom. The van der Waals surface area contributed by atoms with Gasteiger partial charge < -0.3 is 14.7 Å². The van der Waals surface area contributed by atoms with E-state index < -0.39 is 9.71 Å². The summed E-state index contributed by atoms with van der Waals surface area (Å²) in [6.45, 7) is 8.26. The normalized spacial score (nSPS) is 37.0. The summed E-state index contributed by atoms with van der Waals surface area (Å²) in [5, 5.41) is 11.9. The molecule has 0 aromatic heterocycles. The summed E-state index contributed by atoms with van der Waals surface area (Å²) in [6, 6.07) is 11.8. The minimum absolute atomic E-state index is 0.0861. The van der Waals surface area contributed by atoms with Crippen molar-refractivity contribution in [3.05, 3.63) is 58.1 Å². The van der Waals surface area contributed by atoms with Crippen molar-refractivity contribution in [2.75, 3.05) is 24.6 Å². The lowest BCUT2D eigenvalue weighted by atomic mass is 9.67. The highest BCUT2D eigenvalue weighted by Gasteiger charge is 2.44. The second kappa shape index (κ2) is 11.4. The van der Waals surface area contributed by atoms with Crippen LogP contribution in [0.15, 0.2) is 36.4 Å². The van der Waals surface area contributed by atoms with E-state index in [2.05, 4.69) is 41.5 Å². The van der Waals surface area contributed by atoms with Gasteiger partial charge in [-0.3, -0.25) is 9.52 Å². The van der Waals surface area contributed by atoms with Crippen LogP contribution in [0.3, 0.4) is 0 Å². The SMILES string of the molecule is C=S1(=O)NC(=O)c2ccc3c(c2)N(C[C@@H]2CC[C@H]2[C@H](O)C[C@@H](C)C[C@H](C)[C@H]1C)C[C@@]1(CCCc2cc(Cl)ccc21)CO3. The largest absolute Gasteiger partial charge is 0.490 e. The Balaban J connectivity index is 1.42. The molecule has 2 aromatic carbocycles. The van der Waals surface area contributed by atoms with Crippen molar-refractivity contribution in [2.45, 2.75) is 82.5 Å². The second-order valence-corrected chi connectivity index (χ2v) is 16.6. The van der Waals surface area contributed by atoms with Gasteiger partial charge in [-0.25, -0.2) is 4.21 Å². The zero-order valence-electron chi connectivity index (χ0n) is 25.1. The summed E-state index contributed by atoms with van der Waals surface area (Å²) >= 11 is 6.41. The van der Waals surface area contributed by atoms with E-state index in [1.807, 2.05) is 25.1 Å². The summed E-state index contributed by atoms with van der Waals surface area (Å²) in [5.74, 6) is 5.35. The molecule has 2 aliphatic heterocycles. The van der Waals surface area contributed by atoms with Gasteiger partial charge in [0, 0.05) is 34.3 Å². The van der Waals surface area contributed by atoms with E-state index in [9.17, 15) is 14.1 Å². The van der Waals surface area contributed by atoms with Gasteiger partial charge in [-0.2, -0.15) is 0 Å². The number of carbonyl (C=O) groups is 1. The zero-order chi connectivity index (χ0) is 29.8. The standard InChI is InChI=1S/C34H45ClN2O4S/c1-21-14-22(2)23(3)42(4,40)36-33(39)25-8-12-32-30(17-25)37(18-26-7-10-28(26)31(38)15-21)19-34(20-41-32)13-5-6-24-16-27(35)9-11-29(24)34/h8-9,11-12,16-17,21-23,26,28,31,38H,4-7,10,13-15,18-20H2,1-3H3,(H,36,39,40)/t21-,22-,23+,26-,28+,31+,34-,42?/m0/s1. The first-order valence-corrected chi connectivity index (χ1v) is 17.8. The number of carbonyl (C=O) groups excluding carboxylic acids is 1. The lowest BCUT2D eigenvalue weighted by Gasteiger charge is -2.46. The first-order chi connectivity index (χ1) is 20.0. The number of fused-ring (bicyclic) bond motifs is 4. The fourth-order valence-corrected chi connectivity index (χ4v) is 9.73. The maximum Gasteiger partial charge on any atom is 0.262 e. The predicted molar refractivity (Wildman–Crippen MR) is 172 cm³/mol. The number of aliphatic hydroxyl groups excluding tert-OH is 1. The minimum atomic E-state index is -2.90. The highest BCUT2D eigenvalue weighted by atomic mass is 35.5. The Hall–Kier alpha value is -2.22. The molecular weight excluding hydrogens is 568 g/mol. The Labute approximate surface area is 256 Å². The molecule has 2 aliphatic carbocycles. The van der Waals surface area contributed by atoms with Crippen molar-refractivity contribution in [1.82, 2.24) is 4.72 Å². The Morgan fingerprint density at radius 2 is 1.95 bits per heavy atom. The molecule has 4 aliphatic rings. The van der Waals surface area contributed by atoms with Crippen LogP contribution in [0.1, 0.15) is 80.8 Å². The number of ether oxygens (including phenoxy) is 1. The molecule has 1 spiro atoms. The van der Waals surface area contributed by atoms with Crippen molar-refractivity contribution in [3.8, 4) is 5.75 Å². The van der Waals surface area contributed by atoms with Crippen molar-refractivity contribution in [2.24, 2.45) is 23.7 Å². The molecule has 42 heavy (non-hydrogen) atoms. The number of nitrogens with zero attached hydrogens (tertiary/aromatic N) is 1. The summed E-state index contributed by atoms with van der Waals surface area (Å²) in [7, 11) is -2.90. The monoisotopic (exact) mass is 612 g/mol. The van der Waals surface area contributed by atoms with E-state index >= 15 is 0 Å². The van der Waals surface area contributed by atoms with Crippen LogP contribution in [0, 0.1) is 23.7 Å². The van der Waals surface area contributed by atoms with Gasteiger partial charge in [-0.1, -0.05) is 31.5 Å². The molecule has 6 nitrogen and oxygen atoms in total. The van der Waals surface area contributed by atoms with Gasteiger partial charge in [0.15, 0.2) is 0 Å². The maximum atomic E-state index is 13.7. The molecule has 0 radical (unpaired) electrons. The van der Waals surface area contributed by atoms with Crippen molar-refractivity contribution in [1.29, 1.82) is 0 Å². The quantitative estimate of drug-likeness (QED) is 0.356. The Morgan fingerprint density at radius 1 is 1.14 bits per heavy atom. The van der Waals surface area contributed by atoms with Crippen molar-refractivity contribution >= 4 is 38.8 Å². The molecule has 1 amide bonds. The van der Waals surface area contributed by atoms with Crippen LogP contribution in [0.4, 0.5) is 5.69 Å². The third-order valence-electron chi connectivity index (χ3n) is 10.8. The molecule has 2 aromatic rings. The molecule has 1 fully saturated rings. The van der Waals surface area contributed by atoms with Crippen molar-refractivity contribution in [3.63, 3.8) is 0 Å². The van der Waals surface area contributed by atoms with Gasteiger partial charge in [-0.05, 0) is 123 Å². The number of rotatable bonds is 0. The fraction of sp³-hybridized carbons (Fsp3) is 0.588. The van der Waals surface area contributed by atoms with Crippen LogP contribution < -0.4 is 14.4 Å². The van der Waals surface area contributed by atoms with Gasteiger partial charge in [0.25, 0.3) is 5.91 Å². The zero-order valence-corrected chi connectivity index (χ0v) is 26.7. The lowest BCUT2D eigenvalue weighted by molar-refractivity contribution is 0.000390. The molecule has 1 saturated carbocycles. The maximum absolute atomic E-state index is 13.7. The predicted octanol–water partition coefficient (Wildman–Crippen LogP) is 6.02. The molecular formula is C34H45ClN2O4S. The number of benzene rings is 2. The number of aliphatic hydroxyl groups is 1. The van der Waals surface area contributed by atoms with Crippen molar-refractivity contribution < 1.29 is 18.8 Å². The average molecular weight is 613 g/mol. The first kappa shape index (κ1) is 29.8. The number of anilines is 1. The van der Waals surface area contributed by atoms with Gasteiger partial charge in [0.2, 0.25) is 0 Å². The van der Waals surface area contributed by atoms with Crippen LogP contribution in [0.25, 0.3) is 0 Å². The number of amides is 1. The van der Waals surface area contributed by atoms with Gasteiger partial charge in [0.05, 0.1) is 28.1 Å². The molecule has 2 bridgehead atoms. The Kier molecular flexibility index (Phi) is 8.07. The number of halogens is 1. The summed E-state index contributed by atoms with van der Waals surface area (Å²) in [5.41, 5.74) is 3.72. The third-order valence-corrected chi connectivity index (χ3v) is 13.2.